The Morgan fingerprint density at radius 3 is 2.92 bits per heavy atom. The van der Waals surface area contributed by atoms with E-state index in [0.29, 0.717) is 16.0 Å². The van der Waals surface area contributed by atoms with Crippen LogP contribution in [0.15, 0.2) is 12.1 Å². The van der Waals surface area contributed by atoms with Gasteiger partial charge in [0.1, 0.15) is 11.0 Å². The molecule has 13 heavy (non-hydrogen) atoms. The number of hydrogen-bond donors (Lipinski definition) is 1. The number of rotatable bonds is 4. The predicted molar refractivity (Wildman–Crippen MR) is 61.1 cm³/mol. The fourth-order valence-corrected chi connectivity index (χ4v) is 1.44. The van der Waals surface area contributed by atoms with Crippen molar-refractivity contribution < 1.29 is 0 Å². The predicted octanol–water partition coefficient (Wildman–Crippen LogP) is 3.16. The first-order valence-electron chi connectivity index (χ1n) is 3.79. The van der Waals surface area contributed by atoms with Gasteiger partial charge in [-0.1, -0.05) is 23.2 Å². The summed E-state index contributed by atoms with van der Waals surface area (Å²) in [7, 11) is 0. The molecule has 1 rings (SSSR count). The zero-order valence-corrected chi connectivity index (χ0v) is 9.51. The van der Waals surface area contributed by atoms with Crippen molar-refractivity contribution >= 4 is 40.8 Å². The Bertz CT molecular complexity index is 281. The van der Waals surface area contributed by atoms with Crippen LogP contribution in [0.2, 0.25) is 10.2 Å². The van der Waals surface area contributed by atoms with Gasteiger partial charge in [0.05, 0.1) is 5.02 Å². The fourth-order valence-electron chi connectivity index (χ4n) is 0.814. The van der Waals surface area contributed by atoms with Gasteiger partial charge in [-0.3, -0.25) is 0 Å². The molecule has 1 aromatic heterocycles. The van der Waals surface area contributed by atoms with Crippen molar-refractivity contribution in [3.8, 4) is 0 Å². The lowest BCUT2D eigenvalue weighted by molar-refractivity contribution is 1.17. The molecule has 0 aliphatic carbocycles. The second-order valence-corrected chi connectivity index (χ2v) is 4.16. The summed E-state index contributed by atoms with van der Waals surface area (Å²) in [6.45, 7) is 0.841. The lowest BCUT2D eigenvalue weighted by Crippen LogP contribution is -2.05. The quantitative estimate of drug-likeness (QED) is 0.643. The van der Waals surface area contributed by atoms with E-state index in [2.05, 4.69) is 16.6 Å². The highest BCUT2D eigenvalue weighted by Crippen LogP contribution is 2.21. The van der Waals surface area contributed by atoms with Gasteiger partial charge in [0.15, 0.2) is 0 Å². The number of anilines is 1. The van der Waals surface area contributed by atoms with Gasteiger partial charge in [0, 0.05) is 12.3 Å². The number of hydrogen-bond acceptors (Lipinski definition) is 3. The van der Waals surface area contributed by atoms with Crippen LogP contribution < -0.4 is 5.32 Å². The Morgan fingerprint density at radius 2 is 2.23 bits per heavy atom. The lowest BCUT2D eigenvalue weighted by Gasteiger charge is -2.05. The highest BCUT2D eigenvalue weighted by atomic mass is 35.5. The molecule has 1 aromatic rings. The molecule has 72 valence electrons. The molecule has 0 aromatic carbocycles. The number of thioether (sulfide) groups is 1. The second-order valence-electron chi connectivity index (χ2n) is 2.38. The van der Waals surface area contributed by atoms with E-state index in [0.717, 1.165) is 12.3 Å². The van der Waals surface area contributed by atoms with Gasteiger partial charge in [-0.25, -0.2) is 4.98 Å². The molecule has 1 heterocycles. The summed E-state index contributed by atoms with van der Waals surface area (Å²) in [5, 5.41) is 4.16. The van der Waals surface area contributed by atoms with Gasteiger partial charge < -0.3 is 5.32 Å². The van der Waals surface area contributed by atoms with Crippen LogP contribution in [0, 0.1) is 0 Å². The normalized spacial score (nSPS) is 10.1. The zero-order chi connectivity index (χ0) is 9.68. The first-order valence-corrected chi connectivity index (χ1v) is 5.94. The molecule has 0 saturated carbocycles. The van der Waals surface area contributed by atoms with E-state index in [-0.39, 0.29) is 0 Å². The second kappa shape index (κ2) is 5.58. The summed E-state index contributed by atoms with van der Waals surface area (Å²) in [5.41, 5.74) is 0. The molecular weight excluding hydrogens is 227 g/mol. The monoisotopic (exact) mass is 236 g/mol. The minimum atomic E-state index is 0.455. The Hall–Kier alpha value is -0.120. The van der Waals surface area contributed by atoms with Crippen LogP contribution in [0.3, 0.4) is 0 Å². The van der Waals surface area contributed by atoms with E-state index in [1.54, 1.807) is 23.9 Å². The lowest BCUT2D eigenvalue weighted by atomic mass is 10.4. The molecular formula is C8H10Cl2N2S. The van der Waals surface area contributed by atoms with Crippen molar-refractivity contribution in [1.82, 2.24) is 4.98 Å². The zero-order valence-electron chi connectivity index (χ0n) is 7.18. The van der Waals surface area contributed by atoms with Crippen molar-refractivity contribution in [3.05, 3.63) is 22.3 Å². The minimum absolute atomic E-state index is 0.455. The maximum atomic E-state index is 5.88. The molecule has 0 atom stereocenters. The van der Waals surface area contributed by atoms with Gasteiger partial charge in [-0.15, -0.1) is 0 Å². The van der Waals surface area contributed by atoms with Crippen LogP contribution in [0.25, 0.3) is 0 Å². The van der Waals surface area contributed by atoms with Gasteiger partial charge >= 0.3 is 0 Å². The number of halogens is 2. The summed E-state index contributed by atoms with van der Waals surface area (Å²) in [4.78, 5) is 4.06. The maximum absolute atomic E-state index is 5.88. The first kappa shape index (κ1) is 11.0. The molecule has 0 amide bonds. The smallest absolute Gasteiger partial charge is 0.146 e. The van der Waals surface area contributed by atoms with Gasteiger partial charge in [-0.05, 0) is 18.4 Å². The third-order valence-corrected chi connectivity index (χ3v) is 2.54. The van der Waals surface area contributed by atoms with E-state index in [9.17, 15) is 0 Å². The van der Waals surface area contributed by atoms with E-state index >= 15 is 0 Å². The third kappa shape index (κ3) is 3.63. The van der Waals surface area contributed by atoms with Crippen LogP contribution in [0.4, 0.5) is 5.82 Å². The summed E-state index contributed by atoms with van der Waals surface area (Å²) < 4.78 is 0. The Kier molecular flexibility index (Phi) is 4.70. The molecule has 1 N–H and O–H groups in total. The molecule has 0 aliphatic heterocycles. The van der Waals surface area contributed by atoms with Crippen molar-refractivity contribution in [1.29, 1.82) is 0 Å². The highest BCUT2D eigenvalue weighted by Gasteiger charge is 2.01. The standard InChI is InChI=1S/C8H10Cl2N2S/c1-13-5-4-11-8-6(9)2-3-7(10)12-8/h2-3H,4-5H2,1H3,(H,11,12). The van der Waals surface area contributed by atoms with Crippen LogP contribution in [-0.2, 0) is 0 Å². The van der Waals surface area contributed by atoms with E-state index in [1.165, 1.54) is 0 Å². The molecule has 5 heteroatoms. The van der Waals surface area contributed by atoms with E-state index in [4.69, 9.17) is 23.2 Å². The van der Waals surface area contributed by atoms with Crippen LogP contribution in [0.5, 0.6) is 0 Å². The van der Waals surface area contributed by atoms with Crippen molar-refractivity contribution in [3.63, 3.8) is 0 Å². The Balaban J connectivity index is 2.59. The average Bonchev–Trinajstić information content (AvgIpc) is 2.11. The van der Waals surface area contributed by atoms with Crippen LogP contribution in [0.1, 0.15) is 0 Å². The molecule has 0 unspecified atom stereocenters. The highest BCUT2D eigenvalue weighted by molar-refractivity contribution is 7.98. The van der Waals surface area contributed by atoms with Crippen LogP contribution in [-0.4, -0.2) is 23.5 Å². The molecule has 0 spiro atoms. The van der Waals surface area contributed by atoms with Gasteiger partial charge in [0.2, 0.25) is 0 Å². The van der Waals surface area contributed by atoms with Crippen molar-refractivity contribution in [2.24, 2.45) is 0 Å². The van der Waals surface area contributed by atoms with Gasteiger partial charge in [0.25, 0.3) is 0 Å². The molecule has 0 radical (unpaired) electrons. The van der Waals surface area contributed by atoms with Crippen molar-refractivity contribution in [2.45, 2.75) is 0 Å². The topological polar surface area (TPSA) is 24.9 Å². The van der Waals surface area contributed by atoms with E-state index < -0.39 is 0 Å². The average molecular weight is 237 g/mol. The summed E-state index contributed by atoms with van der Waals surface area (Å²) >= 11 is 13.4. The first-order chi connectivity index (χ1) is 6.24. The summed E-state index contributed by atoms with van der Waals surface area (Å²) in [5.74, 6) is 1.67. The van der Waals surface area contributed by atoms with E-state index in [1.807, 2.05) is 0 Å². The van der Waals surface area contributed by atoms with Crippen molar-refractivity contribution in [2.75, 3.05) is 23.9 Å². The molecule has 0 aliphatic rings. The van der Waals surface area contributed by atoms with Gasteiger partial charge in [-0.2, -0.15) is 11.8 Å². The largest absolute Gasteiger partial charge is 0.368 e. The number of pyridine rings is 1. The fraction of sp³-hybridized carbons (Fsp3) is 0.375. The number of nitrogens with one attached hydrogen (secondary N) is 1. The maximum Gasteiger partial charge on any atom is 0.146 e. The number of nitrogens with zero attached hydrogens (tertiary/aromatic N) is 1. The van der Waals surface area contributed by atoms with Crippen LogP contribution >= 0.6 is 35.0 Å². The third-order valence-electron chi connectivity index (χ3n) is 1.41. The molecule has 0 bridgehead atoms. The number of aromatic nitrogens is 1. The molecule has 0 saturated heterocycles. The minimum Gasteiger partial charge on any atom is -0.368 e. The SMILES string of the molecule is CSCCNc1nc(Cl)ccc1Cl. The summed E-state index contributed by atoms with van der Waals surface area (Å²) in [6.07, 6.45) is 2.05. The Morgan fingerprint density at radius 1 is 1.46 bits per heavy atom. The molecule has 2 nitrogen and oxygen atoms in total. The summed E-state index contributed by atoms with van der Waals surface area (Å²) in [6, 6.07) is 3.40. The Labute approximate surface area is 92.0 Å². The molecule has 0 fully saturated rings.